The standard InChI is InChI=1S/C15H16F2N2O2/c1-3-5-13-11(15(20)21-4-2)9-18-19(13)14-7-6-10(16)8-12(14)17/h6-9H,3-5H2,1-2H3. The molecule has 0 N–H and O–H groups in total. The van der Waals surface area contributed by atoms with Crippen molar-refractivity contribution in [2.45, 2.75) is 26.7 Å². The first-order valence-electron chi connectivity index (χ1n) is 6.77. The van der Waals surface area contributed by atoms with Crippen LogP contribution in [-0.4, -0.2) is 22.4 Å². The topological polar surface area (TPSA) is 44.1 Å². The highest BCUT2D eigenvalue weighted by molar-refractivity contribution is 5.90. The van der Waals surface area contributed by atoms with Gasteiger partial charge in [0, 0.05) is 6.07 Å². The van der Waals surface area contributed by atoms with E-state index < -0.39 is 17.6 Å². The van der Waals surface area contributed by atoms with Gasteiger partial charge in [0.05, 0.1) is 18.5 Å². The Labute approximate surface area is 121 Å². The fourth-order valence-electron chi connectivity index (χ4n) is 2.09. The van der Waals surface area contributed by atoms with Gasteiger partial charge >= 0.3 is 5.97 Å². The summed E-state index contributed by atoms with van der Waals surface area (Å²) in [5.41, 5.74) is 0.972. The van der Waals surface area contributed by atoms with E-state index in [-0.39, 0.29) is 12.3 Å². The lowest BCUT2D eigenvalue weighted by atomic mass is 10.1. The van der Waals surface area contributed by atoms with Crippen LogP contribution in [0.2, 0.25) is 0 Å². The zero-order valence-electron chi connectivity index (χ0n) is 11.9. The molecule has 0 spiro atoms. The van der Waals surface area contributed by atoms with Gasteiger partial charge in [-0.05, 0) is 25.5 Å². The number of aromatic nitrogens is 2. The molecule has 1 aromatic heterocycles. The van der Waals surface area contributed by atoms with E-state index in [4.69, 9.17) is 4.74 Å². The molecule has 0 saturated carbocycles. The summed E-state index contributed by atoms with van der Waals surface area (Å²) in [4.78, 5) is 11.9. The second kappa shape index (κ2) is 6.47. The van der Waals surface area contributed by atoms with Crippen LogP contribution in [0.1, 0.15) is 36.3 Å². The van der Waals surface area contributed by atoms with Crippen LogP contribution < -0.4 is 0 Å². The Balaban J connectivity index is 2.51. The molecule has 0 atom stereocenters. The van der Waals surface area contributed by atoms with Gasteiger partial charge in [-0.2, -0.15) is 5.10 Å². The van der Waals surface area contributed by atoms with E-state index in [1.807, 2.05) is 6.92 Å². The first-order valence-corrected chi connectivity index (χ1v) is 6.77. The van der Waals surface area contributed by atoms with Gasteiger partial charge in [-0.3, -0.25) is 0 Å². The molecule has 1 heterocycles. The van der Waals surface area contributed by atoms with E-state index in [9.17, 15) is 13.6 Å². The minimum Gasteiger partial charge on any atom is -0.462 e. The molecule has 0 aliphatic heterocycles. The minimum absolute atomic E-state index is 0.107. The first-order chi connectivity index (χ1) is 10.1. The van der Waals surface area contributed by atoms with Crippen LogP contribution in [0.4, 0.5) is 8.78 Å². The van der Waals surface area contributed by atoms with Gasteiger partial charge < -0.3 is 4.74 Å². The molecular weight excluding hydrogens is 278 g/mol. The lowest BCUT2D eigenvalue weighted by Crippen LogP contribution is -2.10. The van der Waals surface area contributed by atoms with Crippen molar-refractivity contribution in [2.24, 2.45) is 0 Å². The molecule has 1 aromatic carbocycles. The van der Waals surface area contributed by atoms with Crippen LogP contribution in [0.3, 0.4) is 0 Å². The molecule has 4 nitrogen and oxygen atoms in total. The quantitative estimate of drug-likeness (QED) is 0.795. The largest absolute Gasteiger partial charge is 0.462 e. The molecular formula is C15H16F2N2O2. The third kappa shape index (κ3) is 3.09. The van der Waals surface area contributed by atoms with E-state index >= 15 is 0 Å². The van der Waals surface area contributed by atoms with Crippen molar-refractivity contribution in [2.75, 3.05) is 6.61 Å². The van der Waals surface area contributed by atoms with Crippen molar-refractivity contribution in [1.82, 2.24) is 9.78 Å². The van der Waals surface area contributed by atoms with Crippen molar-refractivity contribution >= 4 is 5.97 Å². The predicted octanol–water partition coefficient (Wildman–Crippen LogP) is 3.28. The smallest absolute Gasteiger partial charge is 0.341 e. The lowest BCUT2D eigenvalue weighted by Gasteiger charge is -2.09. The number of rotatable bonds is 5. The Morgan fingerprint density at radius 3 is 2.71 bits per heavy atom. The van der Waals surface area contributed by atoms with Crippen LogP contribution in [0, 0.1) is 11.6 Å². The molecule has 0 saturated heterocycles. The highest BCUT2D eigenvalue weighted by Gasteiger charge is 2.20. The number of nitrogens with zero attached hydrogens (tertiary/aromatic N) is 2. The molecule has 21 heavy (non-hydrogen) atoms. The normalized spacial score (nSPS) is 10.7. The summed E-state index contributed by atoms with van der Waals surface area (Å²) >= 11 is 0. The molecule has 0 aliphatic rings. The van der Waals surface area contributed by atoms with Gasteiger partial charge in [0.1, 0.15) is 17.1 Å². The zero-order chi connectivity index (χ0) is 15.4. The van der Waals surface area contributed by atoms with Crippen LogP contribution in [0.25, 0.3) is 5.69 Å². The van der Waals surface area contributed by atoms with E-state index in [0.29, 0.717) is 17.7 Å². The Morgan fingerprint density at radius 1 is 1.33 bits per heavy atom. The molecule has 2 rings (SSSR count). The van der Waals surface area contributed by atoms with E-state index in [1.54, 1.807) is 6.92 Å². The number of halogens is 2. The number of benzene rings is 1. The summed E-state index contributed by atoms with van der Waals surface area (Å²) in [6.45, 7) is 3.90. The maximum absolute atomic E-state index is 13.9. The van der Waals surface area contributed by atoms with Gasteiger partial charge in [0.25, 0.3) is 0 Å². The second-order valence-electron chi connectivity index (χ2n) is 4.48. The Morgan fingerprint density at radius 2 is 2.10 bits per heavy atom. The summed E-state index contributed by atoms with van der Waals surface area (Å²) in [6, 6.07) is 3.24. The number of hydrogen-bond donors (Lipinski definition) is 0. The van der Waals surface area contributed by atoms with Crippen LogP contribution in [0.15, 0.2) is 24.4 Å². The summed E-state index contributed by atoms with van der Waals surface area (Å²) in [6.07, 6.45) is 2.64. The monoisotopic (exact) mass is 294 g/mol. The number of carbonyl (C=O) groups is 1. The number of ether oxygens (including phenoxy) is 1. The van der Waals surface area contributed by atoms with Crippen molar-refractivity contribution in [3.05, 3.63) is 47.3 Å². The molecule has 112 valence electrons. The summed E-state index contributed by atoms with van der Waals surface area (Å²) < 4.78 is 33.2. The van der Waals surface area contributed by atoms with Gasteiger partial charge in [-0.25, -0.2) is 18.3 Å². The minimum atomic E-state index is -0.731. The lowest BCUT2D eigenvalue weighted by molar-refractivity contribution is 0.0525. The highest BCUT2D eigenvalue weighted by atomic mass is 19.1. The summed E-state index contributed by atoms with van der Waals surface area (Å²) in [5, 5.41) is 4.05. The molecule has 0 radical (unpaired) electrons. The summed E-state index contributed by atoms with van der Waals surface area (Å²) in [7, 11) is 0. The molecule has 0 amide bonds. The SMILES string of the molecule is CCCc1c(C(=O)OCC)cnn1-c1ccc(F)cc1F. The Bertz CT molecular complexity index is 653. The van der Waals surface area contributed by atoms with E-state index in [2.05, 4.69) is 5.10 Å². The van der Waals surface area contributed by atoms with Crippen molar-refractivity contribution in [3.8, 4) is 5.69 Å². The summed E-state index contributed by atoms with van der Waals surface area (Å²) in [5.74, 6) is -1.88. The molecule has 0 unspecified atom stereocenters. The Hall–Kier alpha value is -2.24. The van der Waals surface area contributed by atoms with E-state index in [1.165, 1.54) is 16.9 Å². The third-order valence-corrected chi connectivity index (χ3v) is 2.99. The fourth-order valence-corrected chi connectivity index (χ4v) is 2.09. The number of hydrogen-bond acceptors (Lipinski definition) is 3. The number of carbonyl (C=O) groups excluding carboxylic acids is 1. The maximum Gasteiger partial charge on any atom is 0.341 e. The van der Waals surface area contributed by atoms with Crippen LogP contribution in [-0.2, 0) is 11.2 Å². The van der Waals surface area contributed by atoms with Gasteiger partial charge in [0.2, 0.25) is 0 Å². The predicted molar refractivity (Wildman–Crippen MR) is 73.4 cm³/mol. The van der Waals surface area contributed by atoms with Crippen LogP contribution >= 0.6 is 0 Å². The molecule has 2 aromatic rings. The average molecular weight is 294 g/mol. The van der Waals surface area contributed by atoms with Gasteiger partial charge in [-0.15, -0.1) is 0 Å². The van der Waals surface area contributed by atoms with Gasteiger partial charge in [0.15, 0.2) is 5.82 Å². The first kappa shape index (κ1) is 15.2. The number of esters is 1. The molecule has 0 fully saturated rings. The second-order valence-corrected chi connectivity index (χ2v) is 4.48. The van der Waals surface area contributed by atoms with Crippen LogP contribution in [0.5, 0.6) is 0 Å². The molecule has 0 bridgehead atoms. The molecule has 6 heteroatoms. The Kier molecular flexibility index (Phi) is 4.67. The fraction of sp³-hybridized carbons (Fsp3) is 0.333. The maximum atomic E-state index is 13.9. The third-order valence-electron chi connectivity index (χ3n) is 2.99. The van der Waals surface area contributed by atoms with Crippen molar-refractivity contribution in [1.29, 1.82) is 0 Å². The zero-order valence-corrected chi connectivity index (χ0v) is 11.9. The molecule has 0 aliphatic carbocycles. The van der Waals surface area contributed by atoms with E-state index in [0.717, 1.165) is 18.6 Å². The van der Waals surface area contributed by atoms with Crippen molar-refractivity contribution in [3.63, 3.8) is 0 Å². The van der Waals surface area contributed by atoms with Crippen molar-refractivity contribution < 1.29 is 18.3 Å². The van der Waals surface area contributed by atoms with Gasteiger partial charge in [-0.1, -0.05) is 13.3 Å². The average Bonchev–Trinajstić information content (AvgIpc) is 2.83. The highest BCUT2D eigenvalue weighted by Crippen LogP contribution is 2.20.